The fourth-order valence-corrected chi connectivity index (χ4v) is 2.84. The van der Waals surface area contributed by atoms with Gasteiger partial charge in [-0.15, -0.1) is 0 Å². The maximum atomic E-state index is 12.9. The molecule has 24 heavy (non-hydrogen) atoms. The third-order valence-corrected chi connectivity index (χ3v) is 4.03. The summed E-state index contributed by atoms with van der Waals surface area (Å²) in [6, 6.07) is 5.37. The van der Waals surface area contributed by atoms with Crippen LogP contribution in [0.3, 0.4) is 0 Å². The number of hydrogen-bond donors (Lipinski definition) is 1. The van der Waals surface area contributed by atoms with Gasteiger partial charge in [0.25, 0.3) is 0 Å². The Bertz CT molecular complexity index is 552. The standard InChI is InChI=1S/C19H30N2O3/c1-13(2)23-17-7-6-16(12-18(17)24-14(3)4)19(22)15(5)21-10-8-20-9-11-21/h6-7,12-15,20H,8-11H2,1-5H3. The van der Waals surface area contributed by atoms with Gasteiger partial charge in [0.2, 0.25) is 0 Å². The molecule has 0 amide bonds. The van der Waals surface area contributed by atoms with E-state index in [2.05, 4.69) is 10.2 Å². The van der Waals surface area contributed by atoms with Gasteiger partial charge in [0.15, 0.2) is 17.3 Å². The lowest BCUT2D eigenvalue weighted by atomic mass is 10.0. The molecule has 0 aliphatic carbocycles. The van der Waals surface area contributed by atoms with Crippen molar-refractivity contribution in [3.8, 4) is 11.5 Å². The highest BCUT2D eigenvalue weighted by Crippen LogP contribution is 2.31. The molecule has 1 saturated heterocycles. The maximum absolute atomic E-state index is 12.9. The zero-order valence-corrected chi connectivity index (χ0v) is 15.5. The van der Waals surface area contributed by atoms with E-state index < -0.39 is 0 Å². The quantitative estimate of drug-likeness (QED) is 0.777. The van der Waals surface area contributed by atoms with Gasteiger partial charge < -0.3 is 14.8 Å². The molecule has 1 N–H and O–H groups in total. The summed E-state index contributed by atoms with van der Waals surface area (Å²) in [7, 11) is 0. The van der Waals surface area contributed by atoms with Crippen molar-refractivity contribution in [1.29, 1.82) is 0 Å². The molecule has 1 aromatic rings. The van der Waals surface area contributed by atoms with Gasteiger partial charge in [-0.1, -0.05) is 0 Å². The maximum Gasteiger partial charge on any atom is 0.179 e. The number of piperazine rings is 1. The number of Topliss-reactive ketones (excluding diaryl/α,β-unsaturated/α-hetero) is 1. The van der Waals surface area contributed by atoms with Gasteiger partial charge in [0.05, 0.1) is 18.2 Å². The summed E-state index contributed by atoms with van der Waals surface area (Å²) in [5.41, 5.74) is 0.674. The lowest BCUT2D eigenvalue weighted by molar-refractivity contribution is 0.0819. The van der Waals surface area contributed by atoms with E-state index in [1.807, 2.05) is 52.8 Å². The minimum atomic E-state index is -0.129. The average molecular weight is 334 g/mol. The van der Waals surface area contributed by atoms with Crippen LogP contribution < -0.4 is 14.8 Å². The predicted octanol–water partition coefficient (Wildman–Crippen LogP) is 2.74. The van der Waals surface area contributed by atoms with E-state index in [1.54, 1.807) is 0 Å². The molecule has 5 heteroatoms. The van der Waals surface area contributed by atoms with Crippen LogP contribution in [0.15, 0.2) is 18.2 Å². The fraction of sp³-hybridized carbons (Fsp3) is 0.632. The molecule has 1 aliphatic rings. The van der Waals surface area contributed by atoms with Crippen molar-refractivity contribution in [2.24, 2.45) is 0 Å². The highest BCUT2D eigenvalue weighted by molar-refractivity contribution is 6.00. The van der Waals surface area contributed by atoms with Gasteiger partial charge in [0.1, 0.15) is 0 Å². The van der Waals surface area contributed by atoms with E-state index in [0.29, 0.717) is 17.1 Å². The summed E-state index contributed by atoms with van der Waals surface area (Å²) in [6.07, 6.45) is 0.0799. The molecule has 2 rings (SSSR count). The van der Waals surface area contributed by atoms with Crippen LogP contribution in [0.5, 0.6) is 11.5 Å². The van der Waals surface area contributed by atoms with Crippen molar-refractivity contribution >= 4 is 5.78 Å². The number of ether oxygens (including phenoxy) is 2. The molecule has 0 radical (unpaired) electrons. The summed E-state index contributed by atoms with van der Waals surface area (Å²) in [5.74, 6) is 1.45. The zero-order chi connectivity index (χ0) is 17.7. The van der Waals surface area contributed by atoms with Crippen LogP contribution in [-0.4, -0.2) is 55.1 Å². The van der Waals surface area contributed by atoms with Gasteiger partial charge in [-0.25, -0.2) is 0 Å². The van der Waals surface area contributed by atoms with Crippen LogP contribution >= 0.6 is 0 Å². The molecule has 0 bridgehead atoms. The Balaban J connectivity index is 2.20. The average Bonchev–Trinajstić information content (AvgIpc) is 2.55. The number of rotatable bonds is 7. The minimum Gasteiger partial charge on any atom is -0.487 e. The Morgan fingerprint density at radius 3 is 2.17 bits per heavy atom. The van der Waals surface area contributed by atoms with Crippen LogP contribution in [-0.2, 0) is 0 Å². The molecule has 0 saturated carbocycles. The highest BCUT2D eigenvalue weighted by atomic mass is 16.5. The van der Waals surface area contributed by atoms with Crippen molar-refractivity contribution in [3.05, 3.63) is 23.8 Å². The van der Waals surface area contributed by atoms with E-state index >= 15 is 0 Å². The van der Waals surface area contributed by atoms with Gasteiger partial charge in [-0.2, -0.15) is 0 Å². The molecule has 1 aliphatic heterocycles. The molecular formula is C19H30N2O3. The second kappa shape index (κ2) is 8.49. The van der Waals surface area contributed by atoms with Crippen molar-refractivity contribution in [3.63, 3.8) is 0 Å². The smallest absolute Gasteiger partial charge is 0.179 e. The Morgan fingerprint density at radius 2 is 1.58 bits per heavy atom. The number of nitrogens with zero attached hydrogens (tertiary/aromatic N) is 1. The molecular weight excluding hydrogens is 304 g/mol. The van der Waals surface area contributed by atoms with Crippen LogP contribution in [0.2, 0.25) is 0 Å². The van der Waals surface area contributed by atoms with Crippen molar-refractivity contribution in [2.45, 2.75) is 52.9 Å². The summed E-state index contributed by atoms with van der Waals surface area (Å²) >= 11 is 0. The second-order valence-corrected chi connectivity index (χ2v) is 6.82. The summed E-state index contributed by atoms with van der Waals surface area (Å²) in [6.45, 7) is 13.5. The molecule has 1 unspecified atom stereocenters. The number of carbonyl (C=O) groups excluding carboxylic acids is 1. The molecule has 1 aromatic carbocycles. The first kappa shape index (κ1) is 18.7. The Hall–Kier alpha value is -1.59. The molecule has 5 nitrogen and oxygen atoms in total. The fourth-order valence-electron chi connectivity index (χ4n) is 2.84. The molecule has 1 heterocycles. The third-order valence-electron chi connectivity index (χ3n) is 4.03. The molecule has 1 atom stereocenters. The van der Waals surface area contributed by atoms with Crippen molar-refractivity contribution in [1.82, 2.24) is 10.2 Å². The van der Waals surface area contributed by atoms with Crippen LogP contribution in [0.1, 0.15) is 45.0 Å². The Morgan fingerprint density at radius 1 is 1.00 bits per heavy atom. The van der Waals surface area contributed by atoms with E-state index in [-0.39, 0.29) is 24.0 Å². The molecule has 0 aromatic heterocycles. The first-order valence-corrected chi connectivity index (χ1v) is 8.84. The highest BCUT2D eigenvalue weighted by Gasteiger charge is 2.24. The minimum absolute atomic E-state index is 0.0236. The van der Waals surface area contributed by atoms with Gasteiger partial charge in [-0.05, 0) is 52.8 Å². The summed E-state index contributed by atoms with van der Waals surface area (Å²) in [4.78, 5) is 15.1. The largest absolute Gasteiger partial charge is 0.487 e. The molecule has 1 fully saturated rings. The number of nitrogens with one attached hydrogen (secondary N) is 1. The Labute approximate surface area is 145 Å². The van der Waals surface area contributed by atoms with Crippen LogP contribution in [0, 0.1) is 0 Å². The number of ketones is 1. The topological polar surface area (TPSA) is 50.8 Å². The zero-order valence-electron chi connectivity index (χ0n) is 15.5. The second-order valence-electron chi connectivity index (χ2n) is 6.82. The normalized spacial score (nSPS) is 17.1. The van der Waals surface area contributed by atoms with Crippen LogP contribution in [0.25, 0.3) is 0 Å². The Kier molecular flexibility index (Phi) is 6.63. The van der Waals surface area contributed by atoms with E-state index in [0.717, 1.165) is 26.2 Å². The molecule has 134 valence electrons. The first-order valence-electron chi connectivity index (χ1n) is 8.84. The van der Waals surface area contributed by atoms with E-state index in [9.17, 15) is 4.79 Å². The van der Waals surface area contributed by atoms with Gasteiger partial charge in [-0.3, -0.25) is 9.69 Å². The number of hydrogen-bond acceptors (Lipinski definition) is 5. The van der Waals surface area contributed by atoms with E-state index in [4.69, 9.17) is 9.47 Å². The van der Waals surface area contributed by atoms with Crippen LogP contribution in [0.4, 0.5) is 0 Å². The summed E-state index contributed by atoms with van der Waals surface area (Å²) in [5, 5.41) is 3.32. The van der Waals surface area contributed by atoms with Crippen molar-refractivity contribution < 1.29 is 14.3 Å². The predicted molar refractivity (Wildman–Crippen MR) is 96.2 cm³/mol. The van der Waals surface area contributed by atoms with Crippen molar-refractivity contribution in [2.75, 3.05) is 26.2 Å². The van der Waals surface area contributed by atoms with E-state index in [1.165, 1.54) is 0 Å². The monoisotopic (exact) mass is 334 g/mol. The lowest BCUT2D eigenvalue weighted by Crippen LogP contribution is -2.50. The lowest BCUT2D eigenvalue weighted by Gasteiger charge is -2.32. The van der Waals surface area contributed by atoms with Gasteiger partial charge >= 0.3 is 0 Å². The van der Waals surface area contributed by atoms with Gasteiger partial charge in [0, 0.05) is 31.7 Å². The SMILES string of the molecule is CC(C)Oc1ccc(C(=O)C(C)N2CCNCC2)cc1OC(C)C. The first-order chi connectivity index (χ1) is 11.4. The summed E-state index contributed by atoms with van der Waals surface area (Å²) < 4.78 is 11.7. The third kappa shape index (κ3) is 4.95. The molecule has 0 spiro atoms. The number of carbonyl (C=O) groups is 1. The number of benzene rings is 1.